The third kappa shape index (κ3) is 4.76. The molecule has 176 valence electrons. The van der Waals surface area contributed by atoms with E-state index < -0.39 is 17.7 Å². The van der Waals surface area contributed by atoms with Crippen molar-refractivity contribution >= 4 is 16.9 Å². The van der Waals surface area contributed by atoms with Gasteiger partial charge in [0.2, 0.25) is 0 Å². The molecule has 0 spiro atoms. The number of carbonyl (C=O) groups is 1. The Balaban J connectivity index is 1.79. The van der Waals surface area contributed by atoms with Crippen molar-refractivity contribution in [2.24, 2.45) is 0 Å². The van der Waals surface area contributed by atoms with Gasteiger partial charge in [-0.1, -0.05) is 6.07 Å². The maximum Gasteiger partial charge on any atom is 0.417 e. The maximum absolute atomic E-state index is 12.9. The van der Waals surface area contributed by atoms with Gasteiger partial charge in [0.25, 0.3) is 0 Å². The number of rotatable bonds is 6. The molecule has 34 heavy (non-hydrogen) atoms. The molecule has 8 heteroatoms. The fourth-order valence-electron chi connectivity index (χ4n) is 3.69. The van der Waals surface area contributed by atoms with Gasteiger partial charge >= 0.3 is 12.1 Å². The van der Waals surface area contributed by atoms with E-state index in [1.54, 1.807) is 29.7 Å². The Labute approximate surface area is 194 Å². The molecule has 0 amide bonds. The van der Waals surface area contributed by atoms with Crippen LogP contribution < -0.4 is 4.74 Å². The number of alkyl halides is 3. The third-order valence-electron chi connectivity index (χ3n) is 5.14. The van der Waals surface area contributed by atoms with E-state index in [0.29, 0.717) is 22.7 Å². The molecule has 4 rings (SSSR count). The highest BCUT2D eigenvalue weighted by atomic mass is 19.4. The first kappa shape index (κ1) is 23.4. The highest BCUT2D eigenvalue weighted by molar-refractivity contribution is 5.98. The van der Waals surface area contributed by atoms with E-state index in [-0.39, 0.29) is 12.7 Å². The van der Waals surface area contributed by atoms with Crippen LogP contribution >= 0.6 is 0 Å². The highest BCUT2D eigenvalue weighted by Gasteiger charge is 2.30. The van der Waals surface area contributed by atoms with Crippen molar-refractivity contribution in [2.45, 2.75) is 33.1 Å². The van der Waals surface area contributed by atoms with Crippen molar-refractivity contribution in [2.75, 3.05) is 6.61 Å². The lowest BCUT2D eigenvalue weighted by Crippen LogP contribution is -2.11. The van der Waals surface area contributed by atoms with E-state index in [4.69, 9.17) is 9.47 Å². The average molecular weight is 468 g/mol. The van der Waals surface area contributed by atoms with Crippen LogP contribution in [0.5, 0.6) is 5.75 Å². The summed E-state index contributed by atoms with van der Waals surface area (Å²) in [5.74, 6) is 0.235. The van der Waals surface area contributed by atoms with E-state index in [9.17, 15) is 18.0 Å². The number of carbonyl (C=O) groups excluding carboxylic acids is 1. The van der Waals surface area contributed by atoms with Crippen LogP contribution in [0.15, 0.2) is 66.9 Å². The monoisotopic (exact) mass is 468 g/mol. The molecule has 0 bridgehead atoms. The Morgan fingerprint density at radius 3 is 2.35 bits per heavy atom. The topological polar surface area (TPSA) is 53.3 Å². The highest BCUT2D eigenvalue weighted by Crippen LogP contribution is 2.32. The van der Waals surface area contributed by atoms with E-state index in [2.05, 4.69) is 4.98 Å². The summed E-state index contributed by atoms with van der Waals surface area (Å²) < 4.78 is 51.4. The number of hydrogen-bond acceptors (Lipinski definition) is 4. The molecule has 0 N–H and O–H groups in total. The molecule has 0 aliphatic carbocycles. The Morgan fingerprint density at radius 2 is 1.76 bits per heavy atom. The molecule has 0 saturated carbocycles. The SMILES string of the molecule is CCOC(=O)c1cc2cc(-c3ccc(C(F)(F)F)cn3)ccc2n1-c1ccc(OC(C)C)cc1. The molecule has 0 unspecified atom stereocenters. The van der Waals surface area contributed by atoms with Crippen molar-refractivity contribution in [3.8, 4) is 22.7 Å². The zero-order valence-corrected chi connectivity index (χ0v) is 18.9. The van der Waals surface area contributed by atoms with Crippen LogP contribution in [0, 0.1) is 0 Å². The standard InChI is InChI=1S/C26H23F3N2O3/c1-4-33-25(32)24-14-18-13-17(22-11-6-19(15-30-22)26(27,28)29)5-12-23(18)31(24)20-7-9-21(10-8-20)34-16(2)3/h5-16H,4H2,1-3H3. The molecule has 0 atom stereocenters. The second kappa shape index (κ2) is 9.21. The zero-order valence-electron chi connectivity index (χ0n) is 18.9. The normalized spacial score (nSPS) is 11.7. The number of esters is 1. The second-order valence-corrected chi connectivity index (χ2v) is 7.95. The number of benzene rings is 2. The van der Waals surface area contributed by atoms with Gasteiger partial charge in [-0.05, 0) is 75.4 Å². The fourth-order valence-corrected chi connectivity index (χ4v) is 3.69. The van der Waals surface area contributed by atoms with Crippen LogP contribution in [-0.4, -0.2) is 28.2 Å². The smallest absolute Gasteiger partial charge is 0.417 e. The van der Waals surface area contributed by atoms with E-state index >= 15 is 0 Å². The quantitative estimate of drug-likeness (QED) is 0.297. The summed E-state index contributed by atoms with van der Waals surface area (Å²) >= 11 is 0. The number of hydrogen-bond donors (Lipinski definition) is 0. The molecule has 0 saturated heterocycles. The summed E-state index contributed by atoms with van der Waals surface area (Å²) in [6.07, 6.45) is -3.60. The molecule has 2 aromatic carbocycles. The minimum absolute atomic E-state index is 0.0329. The summed E-state index contributed by atoms with van der Waals surface area (Å²) in [6, 6.07) is 16.8. The Morgan fingerprint density at radius 1 is 1.03 bits per heavy atom. The van der Waals surface area contributed by atoms with Gasteiger partial charge in [0.05, 0.1) is 29.5 Å². The number of halogens is 3. The summed E-state index contributed by atoms with van der Waals surface area (Å²) in [6.45, 7) is 5.84. The van der Waals surface area contributed by atoms with Crippen molar-refractivity contribution in [3.63, 3.8) is 0 Å². The van der Waals surface area contributed by atoms with Gasteiger partial charge in [-0.25, -0.2) is 4.79 Å². The number of nitrogens with zero attached hydrogens (tertiary/aromatic N) is 2. The molecular weight excluding hydrogens is 445 g/mol. The summed E-state index contributed by atoms with van der Waals surface area (Å²) in [5.41, 5.74) is 2.06. The lowest BCUT2D eigenvalue weighted by molar-refractivity contribution is -0.137. The minimum Gasteiger partial charge on any atom is -0.491 e. The number of ether oxygens (including phenoxy) is 2. The Hall–Kier alpha value is -3.81. The molecule has 0 radical (unpaired) electrons. The van der Waals surface area contributed by atoms with Crippen molar-refractivity contribution in [3.05, 3.63) is 78.1 Å². The number of aromatic nitrogens is 2. The number of fused-ring (bicyclic) bond motifs is 1. The lowest BCUT2D eigenvalue weighted by Gasteiger charge is -2.13. The van der Waals surface area contributed by atoms with Gasteiger partial charge in [0.1, 0.15) is 11.4 Å². The van der Waals surface area contributed by atoms with Crippen LogP contribution in [-0.2, 0) is 10.9 Å². The lowest BCUT2D eigenvalue weighted by atomic mass is 10.1. The van der Waals surface area contributed by atoms with Crippen molar-refractivity contribution in [1.29, 1.82) is 0 Å². The van der Waals surface area contributed by atoms with Gasteiger partial charge in [-0.2, -0.15) is 13.2 Å². The molecule has 0 fully saturated rings. The minimum atomic E-state index is -4.45. The van der Waals surface area contributed by atoms with E-state index in [1.165, 1.54) is 6.07 Å². The van der Waals surface area contributed by atoms with E-state index in [1.807, 2.05) is 44.2 Å². The van der Waals surface area contributed by atoms with Crippen LogP contribution in [0.1, 0.15) is 36.8 Å². The fraction of sp³-hybridized carbons (Fsp3) is 0.231. The summed E-state index contributed by atoms with van der Waals surface area (Å²) in [5, 5.41) is 0.727. The second-order valence-electron chi connectivity index (χ2n) is 7.95. The maximum atomic E-state index is 12.9. The molecule has 4 aromatic rings. The van der Waals surface area contributed by atoms with Crippen LogP contribution in [0.2, 0.25) is 0 Å². The van der Waals surface area contributed by atoms with Gasteiger partial charge in [0, 0.05) is 22.8 Å². The first-order valence-corrected chi connectivity index (χ1v) is 10.8. The third-order valence-corrected chi connectivity index (χ3v) is 5.14. The first-order chi connectivity index (χ1) is 16.2. The zero-order chi connectivity index (χ0) is 24.5. The predicted octanol–water partition coefficient (Wildman–Crippen LogP) is 6.68. The van der Waals surface area contributed by atoms with Gasteiger partial charge in [-0.3, -0.25) is 4.98 Å². The molecule has 0 aliphatic heterocycles. The summed E-state index contributed by atoms with van der Waals surface area (Å²) in [4.78, 5) is 16.7. The van der Waals surface area contributed by atoms with Crippen molar-refractivity contribution in [1.82, 2.24) is 9.55 Å². The van der Waals surface area contributed by atoms with E-state index in [0.717, 1.165) is 28.9 Å². The molecule has 0 aliphatic rings. The molecule has 2 heterocycles. The molecular formula is C26H23F3N2O3. The van der Waals surface area contributed by atoms with Gasteiger partial charge < -0.3 is 14.0 Å². The van der Waals surface area contributed by atoms with Crippen molar-refractivity contribution < 1.29 is 27.4 Å². The van der Waals surface area contributed by atoms with Gasteiger partial charge in [0.15, 0.2) is 0 Å². The number of pyridine rings is 1. The van der Waals surface area contributed by atoms with Crippen LogP contribution in [0.4, 0.5) is 13.2 Å². The summed E-state index contributed by atoms with van der Waals surface area (Å²) in [7, 11) is 0. The predicted molar refractivity (Wildman–Crippen MR) is 123 cm³/mol. The van der Waals surface area contributed by atoms with Crippen LogP contribution in [0.3, 0.4) is 0 Å². The molecule has 2 aromatic heterocycles. The molecule has 5 nitrogen and oxygen atoms in total. The Bertz CT molecular complexity index is 1310. The van der Waals surface area contributed by atoms with Crippen LogP contribution in [0.25, 0.3) is 27.8 Å². The first-order valence-electron chi connectivity index (χ1n) is 10.8. The average Bonchev–Trinajstić information content (AvgIpc) is 3.18. The largest absolute Gasteiger partial charge is 0.491 e. The Kier molecular flexibility index (Phi) is 6.32. The van der Waals surface area contributed by atoms with Gasteiger partial charge in [-0.15, -0.1) is 0 Å².